The van der Waals surface area contributed by atoms with Crippen molar-refractivity contribution in [2.45, 2.75) is 5.75 Å². The third-order valence-corrected chi connectivity index (χ3v) is 3.43. The smallest absolute Gasteiger partial charge is 0.193 e. The largest absolute Gasteiger partial charge is 0.223 e. The van der Waals surface area contributed by atoms with Gasteiger partial charge < -0.3 is 0 Å². The number of allylic oxidation sites excluding steroid dienone is 2. The summed E-state index contributed by atoms with van der Waals surface area (Å²) in [5.74, 6) is -0.269. The van der Waals surface area contributed by atoms with E-state index in [1.54, 1.807) is 36.4 Å². The van der Waals surface area contributed by atoms with Crippen LogP contribution in [0.5, 0.6) is 0 Å². The van der Waals surface area contributed by atoms with E-state index >= 15 is 0 Å². The van der Waals surface area contributed by atoms with Crippen LogP contribution in [0.25, 0.3) is 0 Å². The van der Waals surface area contributed by atoms with Crippen molar-refractivity contribution in [3.8, 4) is 12.1 Å². The number of nitrogens with zero attached hydrogens (tertiary/aromatic N) is 2. The van der Waals surface area contributed by atoms with E-state index in [9.17, 15) is 8.42 Å². The standard InChI is InChI=1S/C11H8N2O2S/c12-7-6-11(8-13)16(14,15)9-10-4-2-1-3-5-10/h1-6H,9H2. The molecule has 0 aliphatic carbocycles. The highest BCUT2D eigenvalue weighted by Gasteiger charge is 2.18. The summed E-state index contributed by atoms with van der Waals surface area (Å²) in [6.07, 6.45) is 0.748. The molecule has 0 aromatic heterocycles. The van der Waals surface area contributed by atoms with Crippen LogP contribution in [0.1, 0.15) is 5.56 Å². The molecule has 4 nitrogen and oxygen atoms in total. The van der Waals surface area contributed by atoms with E-state index in [1.165, 1.54) is 6.07 Å². The SMILES string of the molecule is N#CC=C(C#N)S(=O)(=O)Cc1ccccc1. The lowest BCUT2D eigenvalue weighted by atomic mass is 10.2. The highest BCUT2D eigenvalue weighted by atomic mass is 32.2. The van der Waals surface area contributed by atoms with E-state index in [1.807, 2.05) is 0 Å². The van der Waals surface area contributed by atoms with Gasteiger partial charge in [-0.1, -0.05) is 30.3 Å². The Morgan fingerprint density at radius 3 is 2.38 bits per heavy atom. The van der Waals surface area contributed by atoms with Crippen LogP contribution in [-0.2, 0) is 15.6 Å². The Bertz CT molecular complexity index is 575. The van der Waals surface area contributed by atoms with Crippen molar-refractivity contribution in [2.24, 2.45) is 0 Å². The van der Waals surface area contributed by atoms with Crippen LogP contribution < -0.4 is 0 Å². The van der Waals surface area contributed by atoms with Gasteiger partial charge in [0.05, 0.1) is 11.8 Å². The van der Waals surface area contributed by atoms with E-state index in [0.29, 0.717) is 5.56 Å². The molecule has 0 fully saturated rings. The van der Waals surface area contributed by atoms with Crippen LogP contribution in [0.4, 0.5) is 0 Å². The molecule has 16 heavy (non-hydrogen) atoms. The number of hydrogen-bond donors (Lipinski definition) is 0. The minimum Gasteiger partial charge on any atom is -0.223 e. The van der Waals surface area contributed by atoms with Crippen LogP contribution in [0.2, 0.25) is 0 Å². The molecule has 5 heteroatoms. The highest BCUT2D eigenvalue weighted by Crippen LogP contribution is 2.13. The van der Waals surface area contributed by atoms with Gasteiger partial charge in [0.2, 0.25) is 0 Å². The van der Waals surface area contributed by atoms with E-state index in [2.05, 4.69) is 0 Å². The van der Waals surface area contributed by atoms with Crippen LogP contribution >= 0.6 is 0 Å². The molecule has 0 N–H and O–H groups in total. The maximum Gasteiger partial charge on any atom is 0.193 e. The van der Waals surface area contributed by atoms with E-state index in [0.717, 1.165) is 6.08 Å². The first-order valence-corrected chi connectivity index (χ1v) is 6.02. The van der Waals surface area contributed by atoms with Gasteiger partial charge >= 0.3 is 0 Å². The molecule has 1 rings (SSSR count). The van der Waals surface area contributed by atoms with Crippen molar-refractivity contribution < 1.29 is 8.42 Å². The van der Waals surface area contributed by atoms with Crippen molar-refractivity contribution in [1.29, 1.82) is 10.5 Å². The molecule has 0 aliphatic rings. The van der Waals surface area contributed by atoms with Gasteiger partial charge in [0.25, 0.3) is 0 Å². The second kappa shape index (κ2) is 5.11. The molecule has 0 atom stereocenters. The predicted octanol–water partition coefficient (Wildman–Crippen LogP) is 1.53. The monoisotopic (exact) mass is 232 g/mol. The summed E-state index contributed by atoms with van der Waals surface area (Å²) in [6.45, 7) is 0. The Kier molecular flexibility index (Phi) is 3.82. The zero-order valence-corrected chi connectivity index (χ0v) is 9.11. The van der Waals surface area contributed by atoms with E-state index in [4.69, 9.17) is 10.5 Å². The highest BCUT2D eigenvalue weighted by molar-refractivity contribution is 7.94. The van der Waals surface area contributed by atoms with Gasteiger partial charge in [0.15, 0.2) is 14.7 Å². The second-order valence-electron chi connectivity index (χ2n) is 2.99. The maximum absolute atomic E-state index is 11.7. The summed E-state index contributed by atoms with van der Waals surface area (Å²) in [6, 6.07) is 11.6. The van der Waals surface area contributed by atoms with Gasteiger partial charge in [0, 0.05) is 6.08 Å². The lowest BCUT2D eigenvalue weighted by molar-refractivity contribution is 0.602. The lowest BCUT2D eigenvalue weighted by Gasteiger charge is -2.01. The van der Waals surface area contributed by atoms with Gasteiger partial charge in [-0.3, -0.25) is 0 Å². The van der Waals surface area contributed by atoms with Gasteiger partial charge in [0.1, 0.15) is 6.07 Å². The molecule has 0 saturated heterocycles. The zero-order valence-electron chi connectivity index (χ0n) is 8.29. The van der Waals surface area contributed by atoms with Gasteiger partial charge in [-0.25, -0.2) is 8.42 Å². The first kappa shape index (κ1) is 12.0. The van der Waals surface area contributed by atoms with Crippen molar-refractivity contribution in [3.05, 3.63) is 46.9 Å². The van der Waals surface area contributed by atoms with Crippen molar-refractivity contribution >= 4 is 9.84 Å². The summed E-state index contributed by atoms with van der Waals surface area (Å²) >= 11 is 0. The fourth-order valence-corrected chi connectivity index (χ4v) is 2.28. The summed E-state index contributed by atoms with van der Waals surface area (Å²) in [7, 11) is -3.71. The minimum atomic E-state index is -3.71. The maximum atomic E-state index is 11.7. The Morgan fingerprint density at radius 2 is 1.88 bits per heavy atom. The summed E-state index contributed by atoms with van der Waals surface area (Å²) < 4.78 is 23.4. The Morgan fingerprint density at radius 1 is 1.25 bits per heavy atom. The first-order valence-electron chi connectivity index (χ1n) is 4.36. The quantitative estimate of drug-likeness (QED) is 0.740. The van der Waals surface area contributed by atoms with Gasteiger partial charge in [-0.2, -0.15) is 10.5 Å². The fourth-order valence-electron chi connectivity index (χ4n) is 1.12. The van der Waals surface area contributed by atoms with Crippen LogP contribution in [-0.4, -0.2) is 8.42 Å². The first-order chi connectivity index (χ1) is 7.60. The Hall–Kier alpha value is -2.11. The number of nitriles is 2. The topological polar surface area (TPSA) is 81.7 Å². The zero-order chi connectivity index (χ0) is 12.0. The van der Waals surface area contributed by atoms with Crippen LogP contribution in [0, 0.1) is 22.7 Å². The molecular weight excluding hydrogens is 224 g/mol. The summed E-state index contributed by atoms with van der Waals surface area (Å²) in [5.41, 5.74) is 0.585. The molecule has 0 radical (unpaired) electrons. The average Bonchev–Trinajstić information content (AvgIpc) is 2.26. The number of hydrogen-bond acceptors (Lipinski definition) is 4. The Balaban J connectivity index is 3.03. The van der Waals surface area contributed by atoms with E-state index < -0.39 is 14.7 Å². The summed E-state index contributed by atoms with van der Waals surface area (Å²) in [4.78, 5) is -0.501. The number of benzene rings is 1. The van der Waals surface area contributed by atoms with Crippen LogP contribution in [0.3, 0.4) is 0 Å². The number of sulfone groups is 1. The van der Waals surface area contributed by atoms with Crippen molar-refractivity contribution in [1.82, 2.24) is 0 Å². The molecular formula is C11H8N2O2S. The summed E-state index contributed by atoms with van der Waals surface area (Å²) in [5, 5.41) is 17.0. The third kappa shape index (κ3) is 2.94. The molecule has 0 aliphatic heterocycles. The predicted molar refractivity (Wildman–Crippen MR) is 58.4 cm³/mol. The lowest BCUT2D eigenvalue weighted by Crippen LogP contribution is -2.06. The third-order valence-electron chi connectivity index (χ3n) is 1.84. The molecule has 80 valence electrons. The molecule has 1 aromatic rings. The van der Waals surface area contributed by atoms with Crippen molar-refractivity contribution in [3.63, 3.8) is 0 Å². The molecule has 0 bridgehead atoms. The molecule has 0 saturated carbocycles. The van der Waals surface area contributed by atoms with E-state index in [-0.39, 0.29) is 5.75 Å². The number of rotatable bonds is 3. The fraction of sp³-hybridized carbons (Fsp3) is 0.0909. The van der Waals surface area contributed by atoms with Crippen LogP contribution in [0.15, 0.2) is 41.3 Å². The minimum absolute atomic E-state index is 0.269. The molecule has 0 spiro atoms. The average molecular weight is 232 g/mol. The van der Waals surface area contributed by atoms with Gasteiger partial charge in [-0.05, 0) is 5.56 Å². The second-order valence-corrected chi connectivity index (χ2v) is 4.95. The molecule has 0 heterocycles. The van der Waals surface area contributed by atoms with Crippen molar-refractivity contribution in [2.75, 3.05) is 0 Å². The molecule has 0 unspecified atom stereocenters. The Labute approximate surface area is 94.0 Å². The van der Waals surface area contributed by atoms with Gasteiger partial charge in [-0.15, -0.1) is 0 Å². The molecule has 0 amide bonds. The molecule has 1 aromatic carbocycles. The normalized spacial score (nSPS) is 11.5.